The van der Waals surface area contributed by atoms with Crippen LogP contribution in [0.4, 0.5) is 0 Å². The summed E-state index contributed by atoms with van der Waals surface area (Å²) in [5, 5.41) is 0. The second-order valence-electron chi connectivity index (χ2n) is 2.75. The smallest absolute Gasteiger partial charge is 0.191 e. The third-order valence-electron chi connectivity index (χ3n) is 2.03. The van der Waals surface area contributed by atoms with E-state index in [-0.39, 0.29) is 0 Å². The lowest BCUT2D eigenvalue weighted by Gasteiger charge is -2.20. The summed E-state index contributed by atoms with van der Waals surface area (Å²) in [7, 11) is 2.01. The number of likely N-dealkylation sites (N-methyl/N-ethyl adjacent to an activating group) is 1. The molecule has 4 heteroatoms. The fraction of sp³-hybridized carbons (Fsp3) is 0.857. The van der Waals surface area contributed by atoms with Gasteiger partial charge in [-0.25, -0.2) is 0 Å². The molecule has 0 bridgehead atoms. The minimum absolute atomic E-state index is 0.544. The molecule has 0 fully saturated rings. The molecule has 0 saturated carbocycles. The Labute approximate surface area is 72.0 Å². The summed E-state index contributed by atoms with van der Waals surface area (Å²) in [5.74, 6) is 1.88. The summed E-state index contributed by atoms with van der Waals surface area (Å²) in [4.78, 5) is 6.23. The van der Waals surface area contributed by atoms with Gasteiger partial charge in [-0.2, -0.15) is 11.8 Å². The molecule has 3 nitrogen and oxygen atoms in total. The SMILES string of the molecule is CSCCC1CN=C(N)N1C. The number of thioether (sulfide) groups is 1. The quantitative estimate of drug-likeness (QED) is 0.670. The Bertz CT molecular complexity index is 158. The molecular formula is C7H15N3S. The largest absolute Gasteiger partial charge is 0.370 e. The van der Waals surface area contributed by atoms with E-state index in [0.717, 1.165) is 6.54 Å². The van der Waals surface area contributed by atoms with Crippen molar-refractivity contribution in [2.45, 2.75) is 12.5 Å². The molecule has 0 saturated heterocycles. The molecule has 1 rings (SSSR count). The molecule has 1 heterocycles. The summed E-state index contributed by atoms with van der Waals surface area (Å²) >= 11 is 1.87. The van der Waals surface area contributed by atoms with Crippen molar-refractivity contribution < 1.29 is 0 Å². The molecule has 11 heavy (non-hydrogen) atoms. The van der Waals surface area contributed by atoms with Crippen molar-refractivity contribution >= 4 is 17.7 Å². The number of nitrogens with two attached hydrogens (primary N) is 1. The van der Waals surface area contributed by atoms with Gasteiger partial charge in [0.1, 0.15) is 0 Å². The highest BCUT2D eigenvalue weighted by Gasteiger charge is 2.20. The van der Waals surface area contributed by atoms with Crippen LogP contribution in [0.1, 0.15) is 6.42 Å². The van der Waals surface area contributed by atoms with Gasteiger partial charge in [-0.3, -0.25) is 4.99 Å². The highest BCUT2D eigenvalue weighted by molar-refractivity contribution is 7.98. The zero-order valence-electron chi connectivity index (χ0n) is 7.08. The van der Waals surface area contributed by atoms with Crippen molar-refractivity contribution in [1.29, 1.82) is 0 Å². The van der Waals surface area contributed by atoms with Crippen molar-refractivity contribution in [3.05, 3.63) is 0 Å². The van der Waals surface area contributed by atoms with E-state index in [2.05, 4.69) is 16.1 Å². The third kappa shape index (κ3) is 2.02. The second kappa shape index (κ2) is 3.85. The van der Waals surface area contributed by atoms with Crippen LogP contribution in [-0.4, -0.2) is 42.5 Å². The molecule has 0 aromatic carbocycles. The van der Waals surface area contributed by atoms with Crippen LogP contribution in [-0.2, 0) is 0 Å². The third-order valence-corrected chi connectivity index (χ3v) is 2.67. The van der Waals surface area contributed by atoms with Crippen molar-refractivity contribution in [2.75, 3.05) is 25.6 Å². The summed E-state index contributed by atoms with van der Waals surface area (Å²) < 4.78 is 0. The highest BCUT2D eigenvalue weighted by atomic mass is 32.2. The Morgan fingerprint density at radius 3 is 3.00 bits per heavy atom. The van der Waals surface area contributed by atoms with Crippen LogP contribution in [0, 0.1) is 0 Å². The average molecular weight is 173 g/mol. The molecule has 1 atom stereocenters. The van der Waals surface area contributed by atoms with Gasteiger partial charge in [0.15, 0.2) is 5.96 Å². The molecule has 0 aromatic rings. The summed E-state index contributed by atoms with van der Waals surface area (Å²) in [6, 6.07) is 0.544. The topological polar surface area (TPSA) is 41.6 Å². The van der Waals surface area contributed by atoms with Gasteiger partial charge in [-0.1, -0.05) is 0 Å². The van der Waals surface area contributed by atoms with Gasteiger partial charge in [-0.05, 0) is 18.4 Å². The first-order chi connectivity index (χ1) is 5.25. The normalized spacial score (nSPS) is 24.0. The van der Waals surface area contributed by atoms with Crippen LogP contribution in [0.25, 0.3) is 0 Å². The van der Waals surface area contributed by atoms with Gasteiger partial charge < -0.3 is 10.6 Å². The second-order valence-corrected chi connectivity index (χ2v) is 3.73. The summed E-state index contributed by atoms with van der Waals surface area (Å²) in [6.07, 6.45) is 3.31. The molecule has 1 unspecified atom stereocenters. The molecule has 1 aliphatic heterocycles. The molecule has 0 aromatic heterocycles. The maximum atomic E-state index is 5.61. The lowest BCUT2D eigenvalue weighted by molar-refractivity contribution is 0.393. The van der Waals surface area contributed by atoms with Gasteiger partial charge in [0.25, 0.3) is 0 Å². The summed E-state index contributed by atoms with van der Waals surface area (Å²) in [5.41, 5.74) is 5.61. The molecule has 0 spiro atoms. The van der Waals surface area contributed by atoms with Gasteiger partial charge in [0.2, 0.25) is 0 Å². The lowest BCUT2D eigenvalue weighted by Crippen LogP contribution is -2.37. The van der Waals surface area contributed by atoms with Crippen LogP contribution >= 0.6 is 11.8 Å². The van der Waals surface area contributed by atoms with E-state index < -0.39 is 0 Å². The minimum atomic E-state index is 0.544. The van der Waals surface area contributed by atoms with Crippen molar-refractivity contribution in [3.63, 3.8) is 0 Å². The van der Waals surface area contributed by atoms with Gasteiger partial charge >= 0.3 is 0 Å². The number of guanidine groups is 1. The van der Waals surface area contributed by atoms with E-state index in [4.69, 9.17) is 5.73 Å². The van der Waals surface area contributed by atoms with Gasteiger partial charge in [0, 0.05) is 7.05 Å². The van der Waals surface area contributed by atoms with Crippen molar-refractivity contribution in [3.8, 4) is 0 Å². The first-order valence-corrected chi connectivity index (χ1v) is 5.16. The Morgan fingerprint density at radius 1 is 1.82 bits per heavy atom. The van der Waals surface area contributed by atoms with E-state index in [1.807, 2.05) is 18.8 Å². The first kappa shape index (κ1) is 8.71. The first-order valence-electron chi connectivity index (χ1n) is 3.77. The molecule has 64 valence electrons. The highest BCUT2D eigenvalue weighted by Crippen LogP contribution is 2.11. The zero-order valence-corrected chi connectivity index (χ0v) is 7.90. The zero-order chi connectivity index (χ0) is 8.27. The number of aliphatic imine (C=N–C) groups is 1. The fourth-order valence-electron chi connectivity index (χ4n) is 1.16. The number of hydrogen-bond acceptors (Lipinski definition) is 4. The number of hydrogen-bond donors (Lipinski definition) is 1. The van der Waals surface area contributed by atoms with E-state index in [1.54, 1.807) is 0 Å². The van der Waals surface area contributed by atoms with E-state index in [0.29, 0.717) is 12.0 Å². The Kier molecular flexibility index (Phi) is 3.05. The molecule has 0 amide bonds. The van der Waals surface area contributed by atoms with Crippen LogP contribution in [0.15, 0.2) is 4.99 Å². The maximum absolute atomic E-state index is 5.61. The fourth-order valence-corrected chi connectivity index (χ4v) is 1.67. The predicted molar refractivity (Wildman–Crippen MR) is 51.0 cm³/mol. The van der Waals surface area contributed by atoms with Crippen molar-refractivity contribution in [1.82, 2.24) is 4.90 Å². The lowest BCUT2D eigenvalue weighted by atomic mass is 10.2. The molecule has 0 radical (unpaired) electrons. The maximum Gasteiger partial charge on any atom is 0.191 e. The summed E-state index contributed by atoms with van der Waals surface area (Å²) in [6.45, 7) is 0.878. The van der Waals surface area contributed by atoms with E-state index in [1.165, 1.54) is 12.2 Å². The Balaban J connectivity index is 2.29. The van der Waals surface area contributed by atoms with Crippen LogP contribution in [0.5, 0.6) is 0 Å². The number of rotatable bonds is 3. The molecular weight excluding hydrogens is 158 g/mol. The predicted octanol–water partition coefficient (Wildman–Crippen LogP) is 0.368. The van der Waals surface area contributed by atoms with Crippen LogP contribution in [0.3, 0.4) is 0 Å². The Hall–Kier alpha value is -0.380. The molecule has 2 N–H and O–H groups in total. The molecule has 1 aliphatic rings. The van der Waals surface area contributed by atoms with Crippen molar-refractivity contribution in [2.24, 2.45) is 10.7 Å². The van der Waals surface area contributed by atoms with Crippen LogP contribution < -0.4 is 5.73 Å². The minimum Gasteiger partial charge on any atom is -0.370 e. The monoisotopic (exact) mass is 173 g/mol. The van der Waals surface area contributed by atoms with E-state index >= 15 is 0 Å². The average Bonchev–Trinajstić information content (AvgIpc) is 2.31. The standard InChI is InChI=1S/C7H15N3S/c1-10-6(3-4-11-2)5-9-7(10)8/h6H,3-5H2,1-2H3,(H2,8,9). The number of nitrogens with zero attached hydrogens (tertiary/aromatic N) is 2. The van der Waals surface area contributed by atoms with Gasteiger partial charge in [0.05, 0.1) is 12.6 Å². The van der Waals surface area contributed by atoms with E-state index in [9.17, 15) is 0 Å². The van der Waals surface area contributed by atoms with Gasteiger partial charge in [-0.15, -0.1) is 0 Å². The van der Waals surface area contributed by atoms with Crippen LogP contribution in [0.2, 0.25) is 0 Å². The molecule has 0 aliphatic carbocycles. The Morgan fingerprint density at radius 2 is 2.55 bits per heavy atom.